The normalized spacial score (nSPS) is 13.0. The molecule has 2 heteroatoms. The van der Waals surface area contributed by atoms with Gasteiger partial charge in [0.1, 0.15) is 0 Å². The Morgan fingerprint density at radius 2 is 1.84 bits per heavy atom. The molecule has 0 bridgehead atoms. The molecule has 0 spiro atoms. The number of rotatable bonds is 5. The Balaban J connectivity index is 2.00. The number of hydrogen-bond acceptors (Lipinski definition) is 2. The van der Waals surface area contributed by atoms with E-state index >= 15 is 0 Å². The molecule has 19 heavy (non-hydrogen) atoms. The van der Waals surface area contributed by atoms with Crippen molar-refractivity contribution in [2.75, 3.05) is 5.32 Å². The smallest absolute Gasteiger partial charge is 0.0528 e. The summed E-state index contributed by atoms with van der Waals surface area (Å²) >= 11 is 0. The van der Waals surface area contributed by atoms with Crippen LogP contribution < -0.4 is 5.32 Å². The average Bonchev–Trinajstić information content (AvgIpc) is 2.40. The summed E-state index contributed by atoms with van der Waals surface area (Å²) in [5.74, 6) is 0. The highest BCUT2D eigenvalue weighted by Crippen LogP contribution is 2.28. The third-order valence-electron chi connectivity index (χ3n) is 3.45. The second-order valence-electron chi connectivity index (χ2n) is 5.74. The fraction of sp³-hybridized carbons (Fsp3) is 0.353. The van der Waals surface area contributed by atoms with E-state index in [1.807, 2.05) is 12.3 Å². The van der Waals surface area contributed by atoms with Crippen molar-refractivity contribution in [2.45, 2.75) is 38.6 Å². The molecule has 1 atom stereocenters. The Hall–Kier alpha value is -1.83. The SMILES string of the molecule is CC(CC(C)(C)c1ccccc1)Nc1cccnc1. The van der Waals surface area contributed by atoms with Crippen LogP contribution in [0.3, 0.4) is 0 Å². The topological polar surface area (TPSA) is 24.9 Å². The van der Waals surface area contributed by atoms with E-state index < -0.39 is 0 Å². The Kier molecular flexibility index (Phi) is 4.20. The zero-order valence-electron chi connectivity index (χ0n) is 11.9. The Morgan fingerprint density at radius 1 is 1.11 bits per heavy atom. The first-order chi connectivity index (χ1) is 9.08. The van der Waals surface area contributed by atoms with Crippen molar-refractivity contribution in [3.8, 4) is 0 Å². The number of anilines is 1. The molecule has 2 aromatic rings. The van der Waals surface area contributed by atoms with Crippen molar-refractivity contribution < 1.29 is 0 Å². The summed E-state index contributed by atoms with van der Waals surface area (Å²) in [4.78, 5) is 4.13. The molecular formula is C17H22N2. The molecule has 100 valence electrons. The Labute approximate surface area is 115 Å². The van der Waals surface area contributed by atoms with E-state index in [2.05, 4.69) is 67.5 Å². The first kappa shape index (κ1) is 13.6. The van der Waals surface area contributed by atoms with Crippen molar-refractivity contribution in [3.63, 3.8) is 0 Å². The minimum atomic E-state index is 0.163. The first-order valence-electron chi connectivity index (χ1n) is 6.80. The van der Waals surface area contributed by atoms with Gasteiger partial charge in [0.05, 0.1) is 5.69 Å². The summed E-state index contributed by atoms with van der Waals surface area (Å²) in [5.41, 5.74) is 2.63. The molecule has 1 aromatic heterocycles. The molecule has 1 aromatic carbocycles. The molecular weight excluding hydrogens is 232 g/mol. The fourth-order valence-corrected chi connectivity index (χ4v) is 2.56. The van der Waals surface area contributed by atoms with Gasteiger partial charge in [-0.1, -0.05) is 44.2 Å². The van der Waals surface area contributed by atoms with Crippen LogP contribution in [0.25, 0.3) is 0 Å². The van der Waals surface area contributed by atoms with E-state index in [0.29, 0.717) is 6.04 Å². The van der Waals surface area contributed by atoms with Gasteiger partial charge in [-0.15, -0.1) is 0 Å². The van der Waals surface area contributed by atoms with E-state index in [4.69, 9.17) is 0 Å². The lowest BCUT2D eigenvalue weighted by Crippen LogP contribution is -2.27. The van der Waals surface area contributed by atoms with Crippen molar-refractivity contribution in [1.82, 2.24) is 4.98 Å². The van der Waals surface area contributed by atoms with Crippen LogP contribution in [-0.4, -0.2) is 11.0 Å². The van der Waals surface area contributed by atoms with Gasteiger partial charge in [0.2, 0.25) is 0 Å². The zero-order chi connectivity index (χ0) is 13.7. The van der Waals surface area contributed by atoms with Crippen LogP contribution in [-0.2, 0) is 5.41 Å². The molecule has 1 unspecified atom stereocenters. The summed E-state index contributed by atoms with van der Waals surface area (Å²) in [6.07, 6.45) is 4.74. The predicted octanol–water partition coefficient (Wildman–Crippen LogP) is 4.25. The van der Waals surface area contributed by atoms with E-state index in [1.54, 1.807) is 6.20 Å². The molecule has 0 radical (unpaired) electrons. The highest BCUT2D eigenvalue weighted by Gasteiger charge is 2.23. The molecule has 1 heterocycles. The molecule has 0 amide bonds. The van der Waals surface area contributed by atoms with Crippen LogP contribution in [0.5, 0.6) is 0 Å². The summed E-state index contributed by atoms with van der Waals surface area (Å²) in [5, 5.41) is 3.51. The van der Waals surface area contributed by atoms with Crippen LogP contribution in [0, 0.1) is 0 Å². The predicted molar refractivity (Wildman–Crippen MR) is 81.4 cm³/mol. The second-order valence-corrected chi connectivity index (χ2v) is 5.74. The maximum absolute atomic E-state index is 4.13. The monoisotopic (exact) mass is 254 g/mol. The van der Waals surface area contributed by atoms with Gasteiger partial charge in [0.15, 0.2) is 0 Å². The molecule has 0 aliphatic heterocycles. The Bertz CT molecular complexity index is 491. The van der Waals surface area contributed by atoms with Gasteiger partial charge >= 0.3 is 0 Å². The van der Waals surface area contributed by atoms with Crippen molar-refractivity contribution in [3.05, 3.63) is 60.4 Å². The van der Waals surface area contributed by atoms with Crippen LogP contribution in [0.4, 0.5) is 5.69 Å². The van der Waals surface area contributed by atoms with Crippen molar-refractivity contribution in [2.24, 2.45) is 0 Å². The number of aromatic nitrogens is 1. The third kappa shape index (κ3) is 3.82. The number of nitrogens with one attached hydrogen (secondary N) is 1. The van der Waals surface area contributed by atoms with Gasteiger partial charge in [0.25, 0.3) is 0 Å². The van der Waals surface area contributed by atoms with Gasteiger partial charge in [0, 0.05) is 18.4 Å². The quantitative estimate of drug-likeness (QED) is 0.862. The molecule has 2 rings (SSSR count). The number of pyridine rings is 1. The summed E-state index contributed by atoms with van der Waals surface area (Å²) < 4.78 is 0. The highest BCUT2D eigenvalue weighted by atomic mass is 14.9. The minimum absolute atomic E-state index is 0.163. The number of hydrogen-bond donors (Lipinski definition) is 1. The molecule has 2 nitrogen and oxygen atoms in total. The second kappa shape index (κ2) is 5.87. The standard InChI is InChI=1S/C17H22N2/c1-14(19-16-10-7-11-18-13-16)12-17(2,3)15-8-5-4-6-9-15/h4-11,13-14,19H,12H2,1-3H3. The van der Waals surface area contributed by atoms with Gasteiger partial charge in [-0.3, -0.25) is 4.98 Å². The number of nitrogens with zero attached hydrogens (tertiary/aromatic N) is 1. The number of benzene rings is 1. The lowest BCUT2D eigenvalue weighted by Gasteiger charge is -2.29. The zero-order valence-corrected chi connectivity index (χ0v) is 11.9. The highest BCUT2D eigenvalue weighted by molar-refractivity contribution is 5.40. The largest absolute Gasteiger partial charge is 0.381 e. The maximum Gasteiger partial charge on any atom is 0.0528 e. The third-order valence-corrected chi connectivity index (χ3v) is 3.45. The Morgan fingerprint density at radius 3 is 2.47 bits per heavy atom. The van der Waals surface area contributed by atoms with Crippen molar-refractivity contribution >= 4 is 5.69 Å². The summed E-state index contributed by atoms with van der Waals surface area (Å²) in [7, 11) is 0. The van der Waals surface area contributed by atoms with E-state index in [9.17, 15) is 0 Å². The van der Waals surface area contributed by atoms with Crippen LogP contribution in [0.1, 0.15) is 32.8 Å². The van der Waals surface area contributed by atoms with Gasteiger partial charge in [-0.05, 0) is 36.5 Å². The lowest BCUT2D eigenvalue weighted by atomic mass is 9.79. The van der Waals surface area contributed by atoms with Crippen LogP contribution in [0.15, 0.2) is 54.9 Å². The van der Waals surface area contributed by atoms with E-state index in [-0.39, 0.29) is 5.41 Å². The average molecular weight is 254 g/mol. The van der Waals surface area contributed by atoms with Crippen LogP contribution in [0.2, 0.25) is 0 Å². The molecule has 0 aliphatic carbocycles. The molecule has 0 aliphatic rings. The maximum atomic E-state index is 4.13. The van der Waals surface area contributed by atoms with Crippen molar-refractivity contribution in [1.29, 1.82) is 0 Å². The van der Waals surface area contributed by atoms with Gasteiger partial charge in [-0.2, -0.15) is 0 Å². The van der Waals surface area contributed by atoms with Gasteiger partial charge < -0.3 is 5.32 Å². The fourth-order valence-electron chi connectivity index (χ4n) is 2.56. The minimum Gasteiger partial charge on any atom is -0.381 e. The molecule has 0 saturated heterocycles. The van der Waals surface area contributed by atoms with E-state index in [0.717, 1.165) is 12.1 Å². The van der Waals surface area contributed by atoms with Crippen LogP contribution >= 0.6 is 0 Å². The van der Waals surface area contributed by atoms with Gasteiger partial charge in [-0.25, -0.2) is 0 Å². The first-order valence-corrected chi connectivity index (χ1v) is 6.80. The van der Waals surface area contributed by atoms with E-state index in [1.165, 1.54) is 5.56 Å². The lowest BCUT2D eigenvalue weighted by molar-refractivity contribution is 0.450. The molecule has 0 saturated carbocycles. The molecule has 1 N–H and O–H groups in total. The summed E-state index contributed by atoms with van der Waals surface area (Å²) in [6, 6.07) is 15.1. The molecule has 0 fully saturated rings. The summed E-state index contributed by atoms with van der Waals surface area (Å²) in [6.45, 7) is 6.81.